The first-order chi connectivity index (χ1) is 24.3. The van der Waals surface area contributed by atoms with Crippen molar-refractivity contribution >= 4 is 63.8 Å². The molecule has 0 bridgehead atoms. The molecule has 0 amide bonds. The molecule has 0 atom stereocenters. The van der Waals surface area contributed by atoms with Crippen molar-refractivity contribution in [2.45, 2.75) is 0 Å². The first kappa shape index (κ1) is 28.0. The van der Waals surface area contributed by atoms with Crippen LogP contribution in [-0.4, -0.2) is 0 Å². The summed E-state index contributed by atoms with van der Waals surface area (Å²) in [5, 5.41) is 10.4. The van der Waals surface area contributed by atoms with Crippen LogP contribution in [0.3, 0.4) is 0 Å². The van der Waals surface area contributed by atoms with Gasteiger partial charge in [-0.2, -0.15) is 0 Å². The Morgan fingerprint density at radius 1 is 0.286 bits per heavy atom. The number of fused-ring (bicyclic) bond motifs is 6. The van der Waals surface area contributed by atoms with Crippen molar-refractivity contribution in [3.63, 3.8) is 0 Å². The first-order valence-electron chi connectivity index (χ1n) is 16.8. The molecule has 0 radical (unpaired) electrons. The van der Waals surface area contributed by atoms with Crippen LogP contribution in [-0.2, 0) is 0 Å². The Hall–Kier alpha value is -6.02. The largest absolute Gasteiger partial charge is 0.135 e. The maximum Gasteiger partial charge on any atom is 0.0362 e. The minimum absolute atomic E-state index is 1.23. The highest BCUT2D eigenvalue weighted by Gasteiger charge is 2.17. The lowest BCUT2D eigenvalue weighted by molar-refractivity contribution is 1.61. The van der Waals surface area contributed by atoms with Crippen molar-refractivity contribution in [2.75, 3.05) is 0 Å². The van der Waals surface area contributed by atoms with Crippen LogP contribution in [0.25, 0.3) is 97.0 Å². The molecule has 1 heteroatoms. The molecule has 0 saturated carbocycles. The van der Waals surface area contributed by atoms with Crippen molar-refractivity contribution in [3.05, 3.63) is 182 Å². The standard InChI is InChI=1S/C48H30S/c1-2-11-31(12-3-1)32-21-25-34(26-22-32)46-39-15-6-8-17-41(39)47(42-18-9-7-16-40(42)46)35-27-23-33(24-28-35)38-19-10-20-44-48(38)43-29-36-13-4-5-14-37(36)30-45(43)49-44/h1-30H. The maximum atomic E-state index is 2.37. The monoisotopic (exact) mass is 638 g/mol. The van der Waals surface area contributed by atoms with E-state index in [1.54, 1.807) is 0 Å². The fraction of sp³-hybridized carbons (Fsp3) is 0. The lowest BCUT2D eigenvalue weighted by Crippen LogP contribution is -1.91. The first-order valence-corrected chi connectivity index (χ1v) is 17.7. The minimum atomic E-state index is 1.23. The lowest BCUT2D eigenvalue weighted by Gasteiger charge is -2.18. The van der Waals surface area contributed by atoms with Gasteiger partial charge in [0.15, 0.2) is 0 Å². The summed E-state index contributed by atoms with van der Waals surface area (Å²) in [6, 6.07) is 66.9. The predicted molar refractivity (Wildman–Crippen MR) is 214 cm³/mol. The maximum absolute atomic E-state index is 2.37. The SMILES string of the molecule is c1ccc(-c2ccc(-c3c4ccccc4c(-c4ccc(-c5cccc6sc7cc8ccccc8cc7c56)cc4)c4ccccc34)cc2)cc1. The van der Waals surface area contributed by atoms with E-state index < -0.39 is 0 Å². The van der Waals surface area contributed by atoms with E-state index in [9.17, 15) is 0 Å². The molecule has 1 aromatic heterocycles. The van der Waals surface area contributed by atoms with Crippen molar-refractivity contribution < 1.29 is 0 Å². The summed E-state index contributed by atoms with van der Waals surface area (Å²) >= 11 is 1.89. The third-order valence-electron chi connectivity index (χ3n) is 10.1. The number of benzene rings is 9. The Kier molecular flexibility index (Phi) is 6.47. The van der Waals surface area contributed by atoms with Gasteiger partial charge in [-0.05, 0) is 95.0 Å². The highest BCUT2D eigenvalue weighted by molar-refractivity contribution is 7.26. The van der Waals surface area contributed by atoms with Crippen molar-refractivity contribution in [1.29, 1.82) is 0 Å². The van der Waals surface area contributed by atoms with E-state index in [0.29, 0.717) is 0 Å². The van der Waals surface area contributed by atoms with E-state index in [1.807, 2.05) is 11.3 Å². The summed E-state index contributed by atoms with van der Waals surface area (Å²) in [7, 11) is 0. The molecule has 0 aliphatic rings. The number of thiophene rings is 1. The molecule has 0 fully saturated rings. The van der Waals surface area contributed by atoms with Crippen molar-refractivity contribution in [2.24, 2.45) is 0 Å². The van der Waals surface area contributed by atoms with E-state index >= 15 is 0 Å². The second-order valence-electron chi connectivity index (χ2n) is 12.8. The summed E-state index contributed by atoms with van der Waals surface area (Å²) in [5.41, 5.74) is 10.0. The number of rotatable bonds is 4. The normalized spacial score (nSPS) is 11.7. The Labute approximate surface area is 289 Å². The quantitative estimate of drug-likeness (QED) is 0.168. The van der Waals surface area contributed by atoms with Crippen LogP contribution >= 0.6 is 11.3 Å². The summed E-state index contributed by atoms with van der Waals surface area (Å²) in [6.45, 7) is 0. The Morgan fingerprint density at radius 3 is 1.35 bits per heavy atom. The minimum Gasteiger partial charge on any atom is -0.135 e. The predicted octanol–water partition coefficient (Wildman–Crippen LogP) is 14.2. The van der Waals surface area contributed by atoms with Gasteiger partial charge in [0.25, 0.3) is 0 Å². The second-order valence-corrected chi connectivity index (χ2v) is 13.9. The summed E-state index contributed by atoms with van der Waals surface area (Å²) in [4.78, 5) is 0. The molecule has 0 N–H and O–H groups in total. The average Bonchev–Trinajstić information content (AvgIpc) is 3.54. The van der Waals surface area contributed by atoms with Crippen LogP contribution in [0, 0.1) is 0 Å². The van der Waals surface area contributed by atoms with Gasteiger partial charge in [-0.15, -0.1) is 11.3 Å². The Bertz CT molecular complexity index is 2780. The molecule has 0 spiro atoms. The molecule has 10 rings (SSSR count). The van der Waals surface area contributed by atoms with Crippen molar-refractivity contribution in [1.82, 2.24) is 0 Å². The molecule has 9 aromatic carbocycles. The van der Waals surface area contributed by atoms with Gasteiger partial charge < -0.3 is 0 Å². The highest BCUT2D eigenvalue weighted by atomic mass is 32.1. The van der Waals surface area contributed by atoms with E-state index in [2.05, 4.69) is 182 Å². The van der Waals surface area contributed by atoms with Gasteiger partial charge in [0.2, 0.25) is 0 Å². The summed E-state index contributed by atoms with van der Waals surface area (Å²) < 4.78 is 2.67. The third kappa shape index (κ3) is 4.58. The smallest absolute Gasteiger partial charge is 0.0362 e. The number of hydrogen-bond acceptors (Lipinski definition) is 1. The molecule has 10 aromatic rings. The van der Waals surface area contributed by atoms with Gasteiger partial charge in [-0.1, -0.05) is 164 Å². The van der Waals surface area contributed by atoms with Crippen LogP contribution in [0.2, 0.25) is 0 Å². The molecular formula is C48H30S. The number of hydrogen-bond donors (Lipinski definition) is 0. The van der Waals surface area contributed by atoms with Gasteiger partial charge in [-0.25, -0.2) is 0 Å². The van der Waals surface area contributed by atoms with Crippen LogP contribution in [0.5, 0.6) is 0 Å². The van der Waals surface area contributed by atoms with E-state index in [4.69, 9.17) is 0 Å². The fourth-order valence-electron chi connectivity index (χ4n) is 7.78. The molecule has 0 aliphatic carbocycles. The lowest BCUT2D eigenvalue weighted by atomic mass is 9.85. The zero-order chi connectivity index (χ0) is 32.3. The van der Waals surface area contributed by atoms with E-state index in [-0.39, 0.29) is 0 Å². The molecule has 0 nitrogen and oxygen atoms in total. The van der Waals surface area contributed by atoms with Crippen LogP contribution in [0.15, 0.2) is 182 Å². The molecule has 49 heavy (non-hydrogen) atoms. The van der Waals surface area contributed by atoms with Gasteiger partial charge in [0, 0.05) is 20.2 Å². The van der Waals surface area contributed by atoms with Crippen LogP contribution in [0.4, 0.5) is 0 Å². The molecule has 0 unspecified atom stereocenters. The Morgan fingerprint density at radius 2 is 0.755 bits per heavy atom. The molecule has 1 heterocycles. The van der Waals surface area contributed by atoms with Crippen LogP contribution < -0.4 is 0 Å². The van der Waals surface area contributed by atoms with E-state index in [0.717, 1.165) is 0 Å². The van der Waals surface area contributed by atoms with Gasteiger partial charge in [0.05, 0.1) is 0 Å². The van der Waals surface area contributed by atoms with Crippen molar-refractivity contribution in [3.8, 4) is 44.5 Å². The fourth-order valence-corrected chi connectivity index (χ4v) is 8.94. The van der Waals surface area contributed by atoms with Gasteiger partial charge in [0.1, 0.15) is 0 Å². The average molecular weight is 639 g/mol. The zero-order valence-corrected chi connectivity index (χ0v) is 27.5. The topological polar surface area (TPSA) is 0 Å². The van der Waals surface area contributed by atoms with E-state index in [1.165, 1.54) is 97.0 Å². The highest BCUT2D eigenvalue weighted by Crippen LogP contribution is 2.45. The Balaban J connectivity index is 1.13. The summed E-state index contributed by atoms with van der Waals surface area (Å²) in [5.74, 6) is 0. The second kappa shape index (κ2) is 11.3. The van der Waals surface area contributed by atoms with Gasteiger partial charge >= 0.3 is 0 Å². The molecule has 0 aliphatic heterocycles. The third-order valence-corrected chi connectivity index (χ3v) is 11.2. The summed E-state index contributed by atoms with van der Waals surface area (Å²) in [6.07, 6.45) is 0. The molecular weight excluding hydrogens is 609 g/mol. The molecule has 0 saturated heterocycles. The zero-order valence-electron chi connectivity index (χ0n) is 26.7. The van der Waals surface area contributed by atoms with Gasteiger partial charge in [-0.3, -0.25) is 0 Å². The molecule has 228 valence electrons. The van der Waals surface area contributed by atoms with Crippen LogP contribution in [0.1, 0.15) is 0 Å².